The third-order valence-electron chi connectivity index (χ3n) is 4.52. The van der Waals surface area contributed by atoms with Gasteiger partial charge in [-0.15, -0.1) is 0 Å². The average molecular weight is 282 g/mol. The molecule has 116 valence electrons. The van der Waals surface area contributed by atoms with Crippen LogP contribution < -0.4 is 5.32 Å². The van der Waals surface area contributed by atoms with Crippen molar-refractivity contribution in [1.29, 1.82) is 0 Å². The molecule has 0 saturated carbocycles. The predicted octanol–water partition coefficient (Wildman–Crippen LogP) is 0.0803. The molecule has 2 rings (SSSR count). The second kappa shape index (κ2) is 7.38. The monoisotopic (exact) mass is 282 g/mol. The van der Waals surface area contributed by atoms with E-state index in [-0.39, 0.29) is 5.92 Å². The summed E-state index contributed by atoms with van der Waals surface area (Å²) >= 11 is 0. The number of amides is 1. The zero-order valence-corrected chi connectivity index (χ0v) is 13.3. The van der Waals surface area contributed by atoms with Gasteiger partial charge >= 0.3 is 0 Å². The fourth-order valence-electron chi connectivity index (χ4n) is 3.15. The lowest BCUT2D eigenvalue weighted by Crippen LogP contribution is -2.52. The van der Waals surface area contributed by atoms with Crippen LogP contribution in [0.1, 0.15) is 19.8 Å². The maximum atomic E-state index is 12.5. The number of nitrogens with zero attached hydrogens (tertiary/aromatic N) is 3. The van der Waals surface area contributed by atoms with Gasteiger partial charge in [-0.25, -0.2) is 0 Å². The standard InChI is InChI=1S/C15H30N4O/c1-13-12-14(4-5-16-13)15(20)19-10-8-18(9-11-19)7-6-17(2)3/h13-14,16H,4-12H2,1-3H3. The molecule has 5 nitrogen and oxygen atoms in total. The Morgan fingerprint density at radius 3 is 2.55 bits per heavy atom. The van der Waals surface area contributed by atoms with Crippen LogP contribution in [0.15, 0.2) is 0 Å². The lowest BCUT2D eigenvalue weighted by molar-refractivity contribution is -0.138. The summed E-state index contributed by atoms with van der Waals surface area (Å²) in [6, 6.07) is 0.485. The average Bonchev–Trinajstić information content (AvgIpc) is 2.45. The van der Waals surface area contributed by atoms with Gasteiger partial charge in [0.25, 0.3) is 0 Å². The minimum atomic E-state index is 0.250. The minimum Gasteiger partial charge on any atom is -0.340 e. The van der Waals surface area contributed by atoms with Crippen molar-refractivity contribution < 1.29 is 4.79 Å². The molecule has 2 aliphatic heterocycles. The molecule has 0 spiro atoms. The van der Waals surface area contributed by atoms with Crippen LogP contribution in [0.25, 0.3) is 0 Å². The van der Waals surface area contributed by atoms with Gasteiger partial charge in [-0.05, 0) is 40.4 Å². The van der Waals surface area contributed by atoms with E-state index in [1.807, 2.05) is 0 Å². The van der Waals surface area contributed by atoms with E-state index in [1.165, 1.54) is 0 Å². The summed E-state index contributed by atoms with van der Waals surface area (Å²) in [5.41, 5.74) is 0. The van der Waals surface area contributed by atoms with Gasteiger partial charge in [0.1, 0.15) is 0 Å². The molecule has 2 unspecified atom stereocenters. The minimum absolute atomic E-state index is 0.250. The maximum Gasteiger partial charge on any atom is 0.225 e. The molecule has 2 heterocycles. The quantitative estimate of drug-likeness (QED) is 0.793. The number of carbonyl (C=O) groups is 1. The lowest BCUT2D eigenvalue weighted by Gasteiger charge is -2.38. The molecule has 0 aliphatic carbocycles. The lowest BCUT2D eigenvalue weighted by atomic mass is 9.92. The SMILES string of the molecule is CC1CC(C(=O)N2CCN(CCN(C)C)CC2)CCN1. The Bertz CT molecular complexity index is 313. The van der Waals surface area contributed by atoms with Crippen molar-refractivity contribution in [2.24, 2.45) is 5.92 Å². The number of likely N-dealkylation sites (N-methyl/N-ethyl adjacent to an activating group) is 1. The summed E-state index contributed by atoms with van der Waals surface area (Å²) in [6.07, 6.45) is 2.00. The molecular formula is C15H30N4O. The fraction of sp³-hybridized carbons (Fsp3) is 0.933. The Morgan fingerprint density at radius 2 is 1.95 bits per heavy atom. The number of hydrogen-bond donors (Lipinski definition) is 1. The molecule has 0 bridgehead atoms. The number of nitrogens with one attached hydrogen (secondary N) is 1. The topological polar surface area (TPSA) is 38.8 Å². The van der Waals surface area contributed by atoms with E-state index < -0.39 is 0 Å². The van der Waals surface area contributed by atoms with E-state index in [4.69, 9.17) is 0 Å². The Hall–Kier alpha value is -0.650. The second-order valence-electron chi connectivity index (χ2n) is 6.55. The molecule has 0 radical (unpaired) electrons. The first-order valence-electron chi connectivity index (χ1n) is 7.95. The molecule has 2 fully saturated rings. The van der Waals surface area contributed by atoms with Gasteiger partial charge in [0.2, 0.25) is 5.91 Å². The summed E-state index contributed by atoms with van der Waals surface area (Å²) < 4.78 is 0. The van der Waals surface area contributed by atoms with Gasteiger partial charge in [-0.2, -0.15) is 0 Å². The summed E-state index contributed by atoms with van der Waals surface area (Å²) in [6.45, 7) is 9.24. The first-order valence-corrected chi connectivity index (χ1v) is 7.95. The molecule has 2 aliphatic rings. The molecule has 0 aromatic heterocycles. The van der Waals surface area contributed by atoms with Gasteiger partial charge in [0.15, 0.2) is 0 Å². The Morgan fingerprint density at radius 1 is 1.25 bits per heavy atom. The van der Waals surface area contributed by atoms with Crippen LogP contribution in [0.3, 0.4) is 0 Å². The van der Waals surface area contributed by atoms with Crippen molar-refractivity contribution in [2.45, 2.75) is 25.8 Å². The summed E-state index contributed by atoms with van der Waals surface area (Å²) in [5.74, 6) is 0.644. The number of hydrogen-bond acceptors (Lipinski definition) is 4. The highest BCUT2D eigenvalue weighted by Gasteiger charge is 2.30. The smallest absolute Gasteiger partial charge is 0.225 e. The van der Waals surface area contributed by atoms with Crippen molar-refractivity contribution >= 4 is 5.91 Å². The van der Waals surface area contributed by atoms with Crippen molar-refractivity contribution in [3.05, 3.63) is 0 Å². The number of rotatable bonds is 4. The van der Waals surface area contributed by atoms with Crippen LogP contribution in [0, 0.1) is 5.92 Å². The largest absolute Gasteiger partial charge is 0.340 e. The fourth-order valence-corrected chi connectivity index (χ4v) is 3.15. The van der Waals surface area contributed by atoms with Crippen LogP contribution in [-0.4, -0.2) is 86.6 Å². The molecule has 2 atom stereocenters. The Kier molecular flexibility index (Phi) is 5.81. The number of carbonyl (C=O) groups excluding carboxylic acids is 1. The Balaban J connectivity index is 1.74. The van der Waals surface area contributed by atoms with Crippen molar-refractivity contribution in [3.8, 4) is 0 Å². The first-order chi connectivity index (χ1) is 9.56. The van der Waals surface area contributed by atoms with Crippen molar-refractivity contribution in [1.82, 2.24) is 20.0 Å². The van der Waals surface area contributed by atoms with E-state index in [0.717, 1.165) is 58.7 Å². The number of piperidine rings is 1. The molecule has 0 aromatic carbocycles. The maximum absolute atomic E-state index is 12.5. The van der Waals surface area contributed by atoms with E-state index in [2.05, 4.69) is 41.0 Å². The van der Waals surface area contributed by atoms with E-state index >= 15 is 0 Å². The highest BCUT2D eigenvalue weighted by atomic mass is 16.2. The second-order valence-corrected chi connectivity index (χ2v) is 6.55. The van der Waals surface area contributed by atoms with E-state index in [0.29, 0.717) is 11.9 Å². The van der Waals surface area contributed by atoms with Crippen LogP contribution in [0.2, 0.25) is 0 Å². The van der Waals surface area contributed by atoms with E-state index in [9.17, 15) is 4.79 Å². The van der Waals surface area contributed by atoms with Gasteiger partial charge < -0.3 is 15.1 Å². The normalized spacial score (nSPS) is 28.9. The Labute approximate surface area is 123 Å². The predicted molar refractivity (Wildman–Crippen MR) is 81.8 cm³/mol. The van der Waals surface area contributed by atoms with Crippen LogP contribution in [-0.2, 0) is 4.79 Å². The van der Waals surface area contributed by atoms with Crippen molar-refractivity contribution in [3.63, 3.8) is 0 Å². The van der Waals surface area contributed by atoms with E-state index in [1.54, 1.807) is 0 Å². The zero-order valence-electron chi connectivity index (χ0n) is 13.3. The first kappa shape index (κ1) is 15.7. The highest BCUT2D eigenvalue weighted by Crippen LogP contribution is 2.19. The molecule has 5 heteroatoms. The molecule has 0 aromatic rings. The number of piperazine rings is 1. The molecule has 2 saturated heterocycles. The van der Waals surface area contributed by atoms with Gasteiger partial charge in [-0.1, -0.05) is 0 Å². The zero-order chi connectivity index (χ0) is 14.5. The summed E-state index contributed by atoms with van der Waals surface area (Å²) in [5, 5.41) is 3.42. The molecular weight excluding hydrogens is 252 g/mol. The third kappa shape index (κ3) is 4.43. The highest BCUT2D eigenvalue weighted by molar-refractivity contribution is 5.79. The molecule has 1 amide bonds. The summed E-state index contributed by atoms with van der Waals surface area (Å²) in [4.78, 5) is 19.3. The van der Waals surface area contributed by atoms with Crippen LogP contribution in [0.5, 0.6) is 0 Å². The van der Waals surface area contributed by atoms with Crippen LogP contribution >= 0.6 is 0 Å². The molecule has 20 heavy (non-hydrogen) atoms. The van der Waals surface area contributed by atoms with Crippen LogP contribution in [0.4, 0.5) is 0 Å². The van der Waals surface area contributed by atoms with Crippen molar-refractivity contribution in [2.75, 3.05) is 59.9 Å². The molecule has 1 N–H and O–H groups in total. The van der Waals surface area contributed by atoms with Gasteiger partial charge in [0.05, 0.1) is 0 Å². The van der Waals surface area contributed by atoms with Gasteiger partial charge in [0, 0.05) is 51.2 Å². The summed E-state index contributed by atoms with van der Waals surface area (Å²) in [7, 11) is 4.22. The van der Waals surface area contributed by atoms with Gasteiger partial charge in [-0.3, -0.25) is 9.69 Å². The third-order valence-corrected chi connectivity index (χ3v) is 4.52.